The van der Waals surface area contributed by atoms with E-state index in [1.807, 2.05) is 0 Å². The Bertz CT molecular complexity index is 240. The van der Waals surface area contributed by atoms with Gasteiger partial charge in [-0.3, -0.25) is 0 Å². The third kappa shape index (κ3) is 3.50. The first-order valence-corrected chi connectivity index (χ1v) is 4.83. The van der Waals surface area contributed by atoms with Crippen molar-refractivity contribution in [2.75, 3.05) is 0 Å². The molecule has 0 spiro atoms. The fourth-order valence-corrected chi connectivity index (χ4v) is 1.69. The van der Waals surface area contributed by atoms with Crippen molar-refractivity contribution >= 4 is 0 Å². The maximum Gasteiger partial charge on any atom is 0.414 e. The van der Waals surface area contributed by atoms with Crippen molar-refractivity contribution in [3.63, 3.8) is 0 Å². The molecule has 1 aliphatic heterocycles. The van der Waals surface area contributed by atoms with E-state index in [0.717, 1.165) is 0 Å². The summed E-state index contributed by atoms with van der Waals surface area (Å²) < 4.78 is 40.8. The number of hydrogen-bond donors (Lipinski definition) is 1. The van der Waals surface area contributed by atoms with Gasteiger partial charge in [0.15, 0.2) is 6.10 Å². The van der Waals surface area contributed by atoms with Crippen LogP contribution in [0.15, 0.2) is 12.2 Å². The van der Waals surface area contributed by atoms with Crippen LogP contribution in [0.3, 0.4) is 0 Å². The minimum Gasteiger partial charge on any atom is -0.386 e. The molecule has 1 fully saturated rings. The molecule has 0 aliphatic carbocycles. The van der Waals surface area contributed by atoms with Gasteiger partial charge in [0, 0.05) is 12.8 Å². The van der Waals surface area contributed by atoms with E-state index >= 15 is 0 Å². The smallest absolute Gasteiger partial charge is 0.386 e. The summed E-state index contributed by atoms with van der Waals surface area (Å²) in [5.41, 5.74) is -1.09. The van der Waals surface area contributed by atoms with Crippen LogP contribution in [-0.2, 0) is 4.74 Å². The Balaban J connectivity index is 2.35. The minimum absolute atomic E-state index is 0.0583. The normalized spacial score (nSPS) is 31.3. The number of aliphatic hydroxyl groups is 1. The van der Waals surface area contributed by atoms with Gasteiger partial charge in [-0.2, -0.15) is 13.2 Å². The molecule has 0 bridgehead atoms. The van der Waals surface area contributed by atoms with Crippen LogP contribution in [0, 0.1) is 0 Å². The lowest BCUT2D eigenvalue weighted by molar-refractivity contribution is -0.290. The summed E-state index contributed by atoms with van der Waals surface area (Å²) >= 11 is 0. The second-order valence-electron chi connectivity index (χ2n) is 4.09. The third-order valence-corrected chi connectivity index (χ3v) is 2.37. The van der Waals surface area contributed by atoms with Gasteiger partial charge >= 0.3 is 6.18 Å². The monoisotopic (exact) mass is 224 g/mol. The lowest BCUT2D eigenvalue weighted by Crippen LogP contribution is -2.49. The average Bonchev–Trinajstić information content (AvgIpc) is 1.93. The predicted octanol–water partition coefficient (Wildman–Crippen LogP) is 2.42. The number of hydrogen-bond acceptors (Lipinski definition) is 2. The van der Waals surface area contributed by atoms with E-state index in [9.17, 15) is 18.3 Å². The van der Waals surface area contributed by atoms with E-state index in [1.165, 1.54) is 0 Å². The third-order valence-electron chi connectivity index (χ3n) is 2.37. The Labute approximate surface area is 86.7 Å². The second kappa shape index (κ2) is 4.14. The van der Waals surface area contributed by atoms with Gasteiger partial charge in [0.2, 0.25) is 0 Å². The molecule has 3 unspecified atom stereocenters. The molecule has 0 aromatic rings. The Hall–Kier alpha value is -0.550. The van der Waals surface area contributed by atoms with E-state index in [4.69, 9.17) is 0 Å². The Morgan fingerprint density at radius 3 is 2.40 bits per heavy atom. The summed E-state index contributed by atoms with van der Waals surface area (Å²) in [6.45, 7) is 3.30. The van der Waals surface area contributed by atoms with Crippen LogP contribution in [0.5, 0.6) is 0 Å². The van der Waals surface area contributed by atoms with Crippen molar-refractivity contribution < 1.29 is 23.0 Å². The van der Waals surface area contributed by atoms with E-state index in [-0.39, 0.29) is 12.8 Å². The van der Waals surface area contributed by atoms with E-state index in [1.54, 1.807) is 26.0 Å². The highest BCUT2D eigenvalue weighted by atomic mass is 19.4. The highest BCUT2D eigenvalue weighted by molar-refractivity contribution is 5.00. The highest BCUT2D eigenvalue weighted by Crippen LogP contribution is 2.37. The molecule has 1 aliphatic rings. The molecular weight excluding hydrogens is 209 g/mol. The van der Waals surface area contributed by atoms with Crippen molar-refractivity contribution in [2.45, 2.75) is 50.7 Å². The summed E-state index contributed by atoms with van der Waals surface area (Å²) in [7, 11) is 0. The first-order valence-electron chi connectivity index (χ1n) is 4.83. The summed E-state index contributed by atoms with van der Waals surface area (Å²) in [6, 6.07) is 0. The summed E-state index contributed by atoms with van der Waals surface area (Å²) in [5.74, 6) is 0. The SMILES string of the molecule is CC=CC(C)(O)CC1CC(C(F)(F)F)O1. The number of ether oxygens (including phenoxy) is 1. The van der Waals surface area contributed by atoms with Crippen molar-refractivity contribution in [2.24, 2.45) is 0 Å². The quantitative estimate of drug-likeness (QED) is 0.746. The molecule has 0 aromatic heterocycles. The molecule has 2 nitrogen and oxygen atoms in total. The van der Waals surface area contributed by atoms with E-state index in [0.29, 0.717) is 0 Å². The van der Waals surface area contributed by atoms with Gasteiger partial charge in [0.1, 0.15) is 0 Å². The maximum absolute atomic E-state index is 12.1. The number of alkyl halides is 3. The van der Waals surface area contributed by atoms with Gasteiger partial charge < -0.3 is 9.84 Å². The number of rotatable bonds is 3. The molecule has 0 radical (unpaired) electrons. The molecule has 5 heteroatoms. The van der Waals surface area contributed by atoms with E-state index in [2.05, 4.69) is 4.74 Å². The van der Waals surface area contributed by atoms with Crippen LogP contribution < -0.4 is 0 Å². The van der Waals surface area contributed by atoms with Crippen LogP contribution in [0.25, 0.3) is 0 Å². The molecule has 1 heterocycles. The fraction of sp³-hybridized carbons (Fsp3) is 0.800. The molecule has 1 saturated heterocycles. The summed E-state index contributed by atoms with van der Waals surface area (Å²) in [5, 5.41) is 9.69. The zero-order valence-electron chi connectivity index (χ0n) is 8.71. The largest absolute Gasteiger partial charge is 0.414 e. The Kier molecular flexibility index (Phi) is 3.45. The summed E-state index contributed by atoms with van der Waals surface area (Å²) in [4.78, 5) is 0. The van der Waals surface area contributed by atoms with Gasteiger partial charge in [-0.25, -0.2) is 0 Å². The number of halogens is 3. The van der Waals surface area contributed by atoms with Crippen molar-refractivity contribution in [3.8, 4) is 0 Å². The molecular formula is C10H15F3O2. The van der Waals surface area contributed by atoms with Crippen LogP contribution >= 0.6 is 0 Å². The van der Waals surface area contributed by atoms with Crippen LogP contribution in [0.2, 0.25) is 0 Å². The zero-order chi connectivity index (χ0) is 11.7. The van der Waals surface area contributed by atoms with Gasteiger partial charge in [0.25, 0.3) is 0 Å². The lowest BCUT2D eigenvalue weighted by atomic mass is 9.91. The first kappa shape index (κ1) is 12.5. The van der Waals surface area contributed by atoms with Crippen molar-refractivity contribution in [1.82, 2.24) is 0 Å². The molecule has 3 atom stereocenters. The average molecular weight is 224 g/mol. The molecule has 0 amide bonds. The van der Waals surface area contributed by atoms with E-state index < -0.39 is 24.0 Å². The fourth-order valence-electron chi connectivity index (χ4n) is 1.69. The van der Waals surface area contributed by atoms with Gasteiger partial charge in [-0.05, 0) is 13.8 Å². The topological polar surface area (TPSA) is 29.5 Å². The zero-order valence-corrected chi connectivity index (χ0v) is 8.71. The molecule has 0 aromatic carbocycles. The van der Waals surface area contributed by atoms with Gasteiger partial charge in [-0.15, -0.1) is 0 Å². The number of allylic oxidation sites excluding steroid dienone is 1. The molecule has 88 valence electrons. The Morgan fingerprint density at radius 1 is 1.47 bits per heavy atom. The van der Waals surface area contributed by atoms with Crippen molar-refractivity contribution in [1.29, 1.82) is 0 Å². The predicted molar refractivity (Wildman–Crippen MR) is 49.4 cm³/mol. The van der Waals surface area contributed by atoms with Gasteiger partial charge in [0.05, 0.1) is 11.7 Å². The molecule has 15 heavy (non-hydrogen) atoms. The van der Waals surface area contributed by atoms with Crippen LogP contribution in [0.4, 0.5) is 13.2 Å². The van der Waals surface area contributed by atoms with Crippen molar-refractivity contribution in [3.05, 3.63) is 12.2 Å². The molecule has 1 rings (SSSR count). The lowest BCUT2D eigenvalue weighted by Gasteiger charge is -2.39. The van der Waals surface area contributed by atoms with Crippen LogP contribution in [0.1, 0.15) is 26.7 Å². The minimum atomic E-state index is -4.27. The van der Waals surface area contributed by atoms with Gasteiger partial charge in [-0.1, -0.05) is 12.2 Å². The standard InChI is InChI=1S/C10H15F3O2/c1-3-4-9(2,14)6-7-5-8(15-7)10(11,12)13/h3-4,7-8,14H,5-6H2,1-2H3. The summed E-state index contributed by atoms with van der Waals surface area (Å²) in [6.07, 6.45) is -3.06. The van der Waals surface area contributed by atoms with Crippen LogP contribution in [-0.4, -0.2) is 29.1 Å². The Morgan fingerprint density at radius 2 is 2.00 bits per heavy atom. The maximum atomic E-state index is 12.1. The highest BCUT2D eigenvalue weighted by Gasteiger charge is 2.50. The molecule has 1 N–H and O–H groups in total. The second-order valence-corrected chi connectivity index (χ2v) is 4.09. The first-order chi connectivity index (χ1) is 6.74. The molecule has 0 saturated carbocycles.